The maximum Gasteiger partial charge on any atom is 0.0712 e. The second kappa shape index (κ2) is 6.55. The van der Waals surface area contributed by atoms with Crippen LogP contribution in [-0.4, -0.2) is 51.6 Å². The minimum atomic E-state index is 0.401. The highest BCUT2D eigenvalue weighted by Crippen LogP contribution is 2.19. The van der Waals surface area contributed by atoms with Gasteiger partial charge in [0.2, 0.25) is 0 Å². The zero-order valence-corrected chi connectivity index (χ0v) is 10.2. The van der Waals surface area contributed by atoms with Crippen LogP contribution in [0.2, 0.25) is 0 Å². The summed E-state index contributed by atoms with van der Waals surface area (Å²) in [6.07, 6.45) is 3.14. The first-order valence-electron chi connectivity index (χ1n) is 6.51. The van der Waals surface area contributed by atoms with Crippen molar-refractivity contribution in [2.24, 2.45) is 5.92 Å². The average molecular weight is 228 g/mol. The monoisotopic (exact) mass is 228 g/mol. The van der Waals surface area contributed by atoms with E-state index in [4.69, 9.17) is 9.47 Å². The van der Waals surface area contributed by atoms with Crippen molar-refractivity contribution in [2.45, 2.75) is 32.0 Å². The molecule has 0 bridgehead atoms. The van der Waals surface area contributed by atoms with Crippen LogP contribution in [-0.2, 0) is 9.47 Å². The molecular formula is C12H24N2O2. The predicted molar refractivity (Wildman–Crippen MR) is 63.6 cm³/mol. The van der Waals surface area contributed by atoms with E-state index in [0.717, 1.165) is 45.8 Å². The fourth-order valence-electron chi connectivity index (χ4n) is 2.40. The third-order valence-corrected chi connectivity index (χ3v) is 3.59. The Hall–Kier alpha value is -0.160. The topological polar surface area (TPSA) is 42.5 Å². The fourth-order valence-corrected chi connectivity index (χ4v) is 2.40. The average Bonchev–Trinajstić information content (AvgIpc) is 2.72. The number of nitrogens with one attached hydrogen (secondary N) is 2. The Morgan fingerprint density at radius 2 is 2.25 bits per heavy atom. The van der Waals surface area contributed by atoms with Crippen LogP contribution in [0.15, 0.2) is 0 Å². The molecule has 2 aliphatic heterocycles. The Labute approximate surface area is 98.1 Å². The number of hydrogen-bond acceptors (Lipinski definition) is 4. The first kappa shape index (κ1) is 12.3. The Balaban J connectivity index is 1.51. The number of ether oxygens (including phenoxy) is 2. The second-order valence-corrected chi connectivity index (χ2v) is 4.81. The smallest absolute Gasteiger partial charge is 0.0712 e. The zero-order chi connectivity index (χ0) is 11.2. The van der Waals surface area contributed by atoms with E-state index < -0.39 is 0 Å². The molecule has 2 N–H and O–H groups in total. The molecule has 4 heteroatoms. The first-order chi connectivity index (χ1) is 7.86. The maximum atomic E-state index is 5.64. The van der Waals surface area contributed by atoms with Gasteiger partial charge < -0.3 is 20.1 Å². The van der Waals surface area contributed by atoms with Gasteiger partial charge in [-0.1, -0.05) is 0 Å². The van der Waals surface area contributed by atoms with Gasteiger partial charge in [-0.3, -0.25) is 0 Å². The van der Waals surface area contributed by atoms with Crippen molar-refractivity contribution in [1.29, 1.82) is 0 Å². The molecule has 0 aromatic carbocycles. The molecule has 0 aliphatic carbocycles. The highest BCUT2D eigenvalue weighted by Gasteiger charge is 2.23. The molecule has 2 saturated heterocycles. The Morgan fingerprint density at radius 1 is 1.31 bits per heavy atom. The molecule has 4 nitrogen and oxygen atoms in total. The van der Waals surface area contributed by atoms with Gasteiger partial charge >= 0.3 is 0 Å². The van der Waals surface area contributed by atoms with Crippen LogP contribution in [0.1, 0.15) is 19.8 Å². The highest BCUT2D eigenvalue weighted by molar-refractivity contribution is 4.75. The van der Waals surface area contributed by atoms with E-state index in [-0.39, 0.29) is 0 Å². The molecule has 0 aromatic heterocycles. The van der Waals surface area contributed by atoms with E-state index >= 15 is 0 Å². The molecule has 2 fully saturated rings. The molecule has 2 heterocycles. The highest BCUT2D eigenvalue weighted by atomic mass is 16.5. The van der Waals surface area contributed by atoms with E-state index in [1.807, 2.05) is 0 Å². The van der Waals surface area contributed by atoms with Gasteiger partial charge in [0.15, 0.2) is 0 Å². The standard InChI is InChI=1S/C12H24N2O2/c1-10-11(3-6-15-10)8-13-4-2-12-9-14-5-7-16-12/h10-14H,2-9H2,1H3. The minimum Gasteiger partial charge on any atom is -0.378 e. The molecule has 0 spiro atoms. The molecule has 94 valence electrons. The molecule has 3 atom stereocenters. The summed E-state index contributed by atoms with van der Waals surface area (Å²) in [6, 6.07) is 0. The van der Waals surface area contributed by atoms with E-state index in [1.165, 1.54) is 6.42 Å². The lowest BCUT2D eigenvalue weighted by Gasteiger charge is -2.24. The van der Waals surface area contributed by atoms with Crippen molar-refractivity contribution in [3.63, 3.8) is 0 Å². The summed E-state index contributed by atoms with van der Waals surface area (Å²) >= 11 is 0. The lowest BCUT2D eigenvalue weighted by Crippen LogP contribution is -2.40. The zero-order valence-electron chi connectivity index (χ0n) is 10.2. The van der Waals surface area contributed by atoms with E-state index in [2.05, 4.69) is 17.6 Å². The van der Waals surface area contributed by atoms with Crippen molar-refractivity contribution in [2.75, 3.05) is 39.4 Å². The van der Waals surface area contributed by atoms with Crippen LogP contribution in [0.4, 0.5) is 0 Å². The molecule has 2 aliphatic rings. The maximum absolute atomic E-state index is 5.64. The summed E-state index contributed by atoms with van der Waals surface area (Å²) < 4.78 is 11.2. The van der Waals surface area contributed by atoms with Crippen LogP contribution < -0.4 is 10.6 Å². The van der Waals surface area contributed by atoms with Crippen molar-refractivity contribution < 1.29 is 9.47 Å². The van der Waals surface area contributed by atoms with Gasteiger partial charge in [0.1, 0.15) is 0 Å². The predicted octanol–water partition coefficient (Wildman–Crippen LogP) is 0.380. The van der Waals surface area contributed by atoms with E-state index in [1.54, 1.807) is 0 Å². The van der Waals surface area contributed by atoms with Crippen molar-refractivity contribution in [3.8, 4) is 0 Å². The molecule has 3 unspecified atom stereocenters. The number of morpholine rings is 1. The van der Waals surface area contributed by atoms with Gasteiger partial charge in [-0.05, 0) is 32.2 Å². The minimum absolute atomic E-state index is 0.401. The lowest BCUT2D eigenvalue weighted by atomic mass is 10.0. The van der Waals surface area contributed by atoms with Crippen LogP contribution in [0.25, 0.3) is 0 Å². The van der Waals surface area contributed by atoms with Crippen molar-refractivity contribution in [3.05, 3.63) is 0 Å². The molecule has 16 heavy (non-hydrogen) atoms. The SMILES string of the molecule is CC1OCCC1CNCCC1CNCCO1. The van der Waals surface area contributed by atoms with Gasteiger partial charge in [0.25, 0.3) is 0 Å². The molecule has 0 saturated carbocycles. The van der Waals surface area contributed by atoms with Gasteiger partial charge in [-0.25, -0.2) is 0 Å². The number of hydrogen-bond donors (Lipinski definition) is 2. The van der Waals surface area contributed by atoms with E-state index in [9.17, 15) is 0 Å². The van der Waals surface area contributed by atoms with Gasteiger partial charge in [0.05, 0.1) is 18.8 Å². The largest absolute Gasteiger partial charge is 0.378 e. The normalized spacial score (nSPS) is 35.4. The lowest BCUT2D eigenvalue weighted by molar-refractivity contribution is 0.0236. The summed E-state index contributed by atoms with van der Waals surface area (Å²) in [6.45, 7) is 8.11. The second-order valence-electron chi connectivity index (χ2n) is 4.81. The fraction of sp³-hybridized carbons (Fsp3) is 1.00. The first-order valence-corrected chi connectivity index (χ1v) is 6.51. The summed E-state index contributed by atoms with van der Waals surface area (Å²) in [5.41, 5.74) is 0. The van der Waals surface area contributed by atoms with Crippen molar-refractivity contribution >= 4 is 0 Å². The van der Waals surface area contributed by atoms with Crippen LogP contribution in [0.3, 0.4) is 0 Å². The van der Waals surface area contributed by atoms with Crippen molar-refractivity contribution in [1.82, 2.24) is 10.6 Å². The molecule has 2 rings (SSSR count). The van der Waals surface area contributed by atoms with Gasteiger partial charge in [-0.15, -0.1) is 0 Å². The van der Waals surface area contributed by atoms with E-state index in [0.29, 0.717) is 18.1 Å². The van der Waals surface area contributed by atoms with Crippen LogP contribution in [0, 0.1) is 5.92 Å². The molecule has 0 radical (unpaired) electrons. The van der Waals surface area contributed by atoms with Gasteiger partial charge in [0, 0.05) is 26.2 Å². The Morgan fingerprint density at radius 3 is 2.94 bits per heavy atom. The molecule has 0 amide bonds. The van der Waals surface area contributed by atoms with Crippen LogP contribution >= 0.6 is 0 Å². The number of rotatable bonds is 5. The van der Waals surface area contributed by atoms with Crippen LogP contribution in [0.5, 0.6) is 0 Å². The Bertz CT molecular complexity index is 195. The quantitative estimate of drug-likeness (QED) is 0.668. The van der Waals surface area contributed by atoms with Gasteiger partial charge in [-0.2, -0.15) is 0 Å². The third kappa shape index (κ3) is 3.70. The summed E-state index contributed by atoms with van der Waals surface area (Å²) in [7, 11) is 0. The summed E-state index contributed by atoms with van der Waals surface area (Å²) in [5.74, 6) is 0.699. The third-order valence-electron chi connectivity index (χ3n) is 3.59. The summed E-state index contributed by atoms with van der Waals surface area (Å²) in [4.78, 5) is 0. The Kier molecular flexibility index (Phi) is 5.03. The molecule has 0 aromatic rings. The molecular weight excluding hydrogens is 204 g/mol. The summed E-state index contributed by atoms with van der Waals surface area (Å²) in [5, 5.41) is 6.87.